The lowest BCUT2D eigenvalue weighted by molar-refractivity contribution is -0.895. The van der Waals surface area contributed by atoms with Gasteiger partial charge in [0.15, 0.2) is 6.54 Å². The Morgan fingerprint density at radius 2 is 2.00 bits per heavy atom. The summed E-state index contributed by atoms with van der Waals surface area (Å²) in [5.74, 6) is -0.370. The molecule has 0 bridgehead atoms. The van der Waals surface area contributed by atoms with Gasteiger partial charge in [0.05, 0.1) is 30.5 Å². The summed E-state index contributed by atoms with van der Waals surface area (Å²) in [7, 11) is -3.53. The van der Waals surface area contributed by atoms with Crippen LogP contribution in [0.4, 0.5) is 4.79 Å². The van der Waals surface area contributed by atoms with Gasteiger partial charge in [0.25, 0.3) is 15.9 Å². The molecule has 25 heavy (non-hydrogen) atoms. The van der Waals surface area contributed by atoms with Crippen molar-refractivity contribution in [3.63, 3.8) is 0 Å². The zero-order valence-corrected chi connectivity index (χ0v) is 16.3. The molecule has 0 aliphatic carbocycles. The highest BCUT2D eigenvalue weighted by Gasteiger charge is 2.32. The fourth-order valence-electron chi connectivity index (χ4n) is 2.46. The molecule has 1 saturated heterocycles. The van der Waals surface area contributed by atoms with Gasteiger partial charge in [-0.05, 0) is 18.6 Å². The highest BCUT2D eigenvalue weighted by molar-refractivity contribution is 7.91. The molecule has 11 heteroatoms. The van der Waals surface area contributed by atoms with E-state index in [0.717, 1.165) is 22.7 Å². The minimum absolute atomic E-state index is 0.137. The minimum atomic E-state index is -3.53. The summed E-state index contributed by atoms with van der Waals surface area (Å²) in [6, 6.07) is 2.57. The largest absolute Gasteiger partial charge is 0.338 e. The van der Waals surface area contributed by atoms with Crippen LogP contribution in [0.3, 0.4) is 0 Å². The van der Waals surface area contributed by atoms with Gasteiger partial charge in [-0.3, -0.25) is 10.1 Å². The average molecular weight is 410 g/mol. The van der Waals surface area contributed by atoms with Crippen molar-refractivity contribution < 1.29 is 22.9 Å². The van der Waals surface area contributed by atoms with Crippen molar-refractivity contribution in [3.8, 4) is 0 Å². The van der Waals surface area contributed by atoms with E-state index in [1.54, 1.807) is 6.07 Å². The molecule has 140 valence electrons. The Balaban J connectivity index is 1.81. The molecule has 1 aromatic rings. The number of thiophene rings is 1. The van der Waals surface area contributed by atoms with Crippen LogP contribution < -0.4 is 15.5 Å². The first kappa shape index (κ1) is 20.1. The molecule has 3 amide bonds. The molecule has 0 unspecified atom stereocenters. The van der Waals surface area contributed by atoms with Crippen molar-refractivity contribution in [2.45, 2.75) is 17.6 Å². The maximum atomic E-state index is 12.5. The zero-order valence-electron chi connectivity index (χ0n) is 13.9. The second kappa shape index (κ2) is 8.95. The predicted octanol–water partition coefficient (Wildman–Crippen LogP) is -0.473. The van der Waals surface area contributed by atoms with Gasteiger partial charge < -0.3 is 10.2 Å². The lowest BCUT2D eigenvalue weighted by Gasteiger charge is -2.30. The number of halogens is 1. The van der Waals surface area contributed by atoms with Gasteiger partial charge in [-0.2, -0.15) is 4.31 Å². The van der Waals surface area contributed by atoms with Crippen LogP contribution in [0.1, 0.15) is 13.3 Å². The van der Waals surface area contributed by atoms with Gasteiger partial charge in [0, 0.05) is 6.54 Å². The summed E-state index contributed by atoms with van der Waals surface area (Å²) in [5, 5.41) is 4.85. The highest BCUT2D eigenvalue weighted by atomic mass is 35.5. The maximum absolute atomic E-state index is 12.5. The van der Waals surface area contributed by atoms with E-state index in [0.29, 0.717) is 37.1 Å². The van der Waals surface area contributed by atoms with E-state index in [2.05, 4.69) is 10.6 Å². The molecule has 1 aliphatic heterocycles. The van der Waals surface area contributed by atoms with Crippen molar-refractivity contribution in [3.05, 3.63) is 16.5 Å². The van der Waals surface area contributed by atoms with E-state index in [1.165, 1.54) is 10.4 Å². The summed E-state index contributed by atoms with van der Waals surface area (Å²) in [4.78, 5) is 24.2. The van der Waals surface area contributed by atoms with Crippen molar-refractivity contribution in [2.75, 3.05) is 39.3 Å². The average Bonchev–Trinajstić information content (AvgIpc) is 3.00. The number of rotatable bonds is 6. The molecule has 3 N–H and O–H groups in total. The predicted molar refractivity (Wildman–Crippen MR) is 95.5 cm³/mol. The van der Waals surface area contributed by atoms with Crippen LogP contribution in [0.2, 0.25) is 4.34 Å². The summed E-state index contributed by atoms with van der Waals surface area (Å²) in [6.07, 6.45) is 0.790. The Labute approximate surface area is 156 Å². The first-order chi connectivity index (χ1) is 11.8. The second-order valence-corrected chi connectivity index (χ2v) is 9.57. The van der Waals surface area contributed by atoms with Gasteiger partial charge in [-0.25, -0.2) is 13.2 Å². The number of nitrogens with zero attached hydrogens (tertiary/aromatic N) is 1. The second-order valence-electron chi connectivity index (χ2n) is 5.69. The van der Waals surface area contributed by atoms with Gasteiger partial charge in [-0.15, -0.1) is 11.3 Å². The lowest BCUT2D eigenvalue weighted by atomic mass is 10.3. The molecule has 1 fully saturated rings. The quantitative estimate of drug-likeness (QED) is 0.591. The Kier molecular flexibility index (Phi) is 7.20. The third-order valence-corrected chi connectivity index (χ3v) is 7.37. The van der Waals surface area contributed by atoms with Gasteiger partial charge in [-0.1, -0.05) is 18.5 Å². The highest BCUT2D eigenvalue weighted by Crippen LogP contribution is 2.27. The molecule has 1 aromatic heterocycles. The van der Waals surface area contributed by atoms with Crippen LogP contribution in [0.25, 0.3) is 0 Å². The van der Waals surface area contributed by atoms with Crippen molar-refractivity contribution in [1.82, 2.24) is 14.9 Å². The van der Waals surface area contributed by atoms with Crippen LogP contribution in [0.5, 0.6) is 0 Å². The number of imide groups is 1. The fraction of sp³-hybridized carbons (Fsp3) is 0.571. The number of hydrogen-bond donors (Lipinski definition) is 3. The Morgan fingerprint density at radius 3 is 2.56 bits per heavy atom. The zero-order chi connectivity index (χ0) is 18.4. The molecule has 0 spiro atoms. The van der Waals surface area contributed by atoms with E-state index in [9.17, 15) is 18.0 Å². The minimum Gasteiger partial charge on any atom is -0.338 e. The standard InChI is InChI=1S/C14H21ClN4O4S2/c1-2-5-16-14(21)17-12(20)10-18-6-8-19(9-7-18)25(22,23)13-4-3-11(15)24-13/h3-4H,2,5-10H2,1H3,(H2,16,17,20,21)/p+1. The fourth-order valence-corrected chi connectivity index (χ4v) is 5.54. The van der Waals surface area contributed by atoms with Gasteiger partial charge in [0.2, 0.25) is 0 Å². The van der Waals surface area contributed by atoms with Crippen molar-refractivity contribution in [2.24, 2.45) is 0 Å². The molecule has 8 nitrogen and oxygen atoms in total. The molecule has 0 atom stereocenters. The topological polar surface area (TPSA) is 100 Å². The molecular formula is C14H22ClN4O4S2+. The molecule has 0 saturated carbocycles. The third kappa shape index (κ3) is 5.65. The molecule has 0 radical (unpaired) electrons. The van der Waals surface area contributed by atoms with Crippen LogP contribution in [0.15, 0.2) is 16.3 Å². The number of piperazine rings is 1. The first-order valence-corrected chi connectivity index (χ1v) is 10.6. The van der Waals surface area contributed by atoms with Crippen molar-refractivity contribution >= 4 is 44.9 Å². The van der Waals surface area contributed by atoms with E-state index in [1.807, 2.05) is 6.92 Å². The van der Waals surface area contributed by atoms with Gasteiger partial charge in [0.1, 0.15) is 4.21 Å². The number of quaternary nitrogens is 1. The monoisotopic (exact) mass is 409 g/mol. The number of hydrogen-bond acceptors (Lipinski definition) is 5. The third-order valence-electron chi connectivity index (χ3n) is 3.77. The number of amides is 3. The molecule has 1 aliphatic rings. The summed E-state index contributed by atoms with van der Waals surface area (Å²) in [6.45, 7) is 4.22. The van der Waals surface area contributed by atoms with Crippen LogP contribution in [0, 0.1) is 0 Å². The van der Waals surface area contributed by atoms with Crippen LogP contribution in [-0.4, -0.2) is 63.9 Å². The van der Waals surface area contributed by atoms with Crippen LogP contribution in [-0.2, 0) is 14.8 Å². The van der Waals surface area contributed by atoms with Crippen LogP contribution >= 0.6 is 22.9 Å². The normalized spacial score (nSPS) is 16.6. The Hall–Kier alpha value is -1.20. The molecule has 2 heterocycles. The first-order valence-electron chi connectivity index (χ1n) is 7.99. The van der Waals surface area contributed by atoms with E-state index in [-0.39, 0.29) is 16.7 Å². The number of carbonyl (C=O) groups is 2. The lowest BCUT2D eigenvalue weighted by Crippen LogP contribution is -3.15. The molecule has 0 aromatic carbocycles. The molecule has 2 rings (SSSR count). The number of nitrogens with one attached hydrogen (secondary N) is 3. The SMILES string of the molecule is CCCNC(=O)NC(=O)C[NH+]1CCN(S(=O)(=O)c2ccc(Cl)s2)CC1. The summed E-state index contributed by atoms with van der Waals surface area (Å²) < 4.78 is 27.1. The number of urea groups is 1. The van der Waals surface area contributed by atoms with E-state index in [4.69, 9.17) is 11.6 Å². The summed E-state index contributed by atoms with van der Waals surface area (Å²) >= 11 is 6.85. The molecular weight excluding hydrogens is 388 g/mol. The summed E-state index contributed by atoms with van der Waals surface area (Å²) in [5.41, 5.74) is 0. The Bertz CT molecular complexity index is 714. The number of sulfonamides is 1. The maximum Gasteiger partial charge on any atom is 0.321 e. The van der Waals surface area contributed by atoms with E-state index < -0.39 is 16.1 Å². The van der Waals surface area contributed by atoms with Crippen molar-refractivity contribution in [1.29, 1.82) is 0 Å². The smallest absolute Gasteiger partial charge is 0.321 e. The van der Waals surface area contributed by atoms with Gasteiger partial charge >= 0.3 is 6.03 Å². The van der Waals surface area contributed by atoms with E-state index >= 15 is 0 Å². The Morgan fingerprint density at radius 1 is 1.32 bits per heavy atom. The number of carbonyl (C=O) groups excluding carboxylic acids is 2.